The van der Waals surface area contributed by atoms with Crippen molar-refractivity contribution in [2.75, 3.05) is 38.0 Å². The van der Waals surface area contributed by atoms with Crippen LogP contribution in [0.5, 0.6) is 0 Å². The molecule has 0 spiro atoms. The molecule has 2 aliphatic rings. The summed E-state index contributed by atoms with van der Waals surface area (Å²) in [6.07, 6.45) is 4.14. The summed E-state index contributed by atoms with van der Waals surface area (Å²) in [4.78, 5) is 29.3. The SMILES string of the molecule is Cc1ccccc1CSc1nnc(NC(=O)CCC(=O)N2CCCN(CC3CC3)CC2)s1. The average molecular weight is 474 g/mol. The van der Waals surface area contributed by atoms with Gasteiger partial charge in [-0.3, -0.25) is 9.59 Å². The van der Waals surface area contributed by atoms with Crippen LogP contribution in [-0.2, 0) is 15.3 Å². The standard InChI is InChI=1S/C23H31N5O2S2/c1-17-5-2-3-6-19(17)16-31-23-26-25-22(32-23)24-20(29)9-10-21(30)28-12-4-11-27(13-14-28)15-18-7-8-18/h2-3,5-6,18H,4,7-16H2,1H3,(H,24,25,29). The third kappa shape index (κ3) is 7.02. The summed E-state index contributed by atoms with van der Waals surface area (Å²) in [5, 5.41) is 11.5. The van der Waals surface area contributed by atoms with Gasteiger partial charge < -0.3 is 15.1 Å². The highest BCUT2D eigenvalue weighted by Crippen LogP contribution is 2.30. The molecule has 1 aromatic carbocycles. The number of carbonyl (C=O) groups excluding carboxylic acids is 2. The van der Waals surface area contributed by atoms with Gasteiger partial charge in [-0.1, -0.05) is 47.4 Å². The number of hydrogen-bond donors (Lipinski definition) is 1. The van der Waals surface area contributed by atoms with Gasteiger partial charge in [-0.05, 0) is 49.8 Å². The molecule has 0 radical (unpaired) electrons. The van der Waals surface area contributed by atoms with Gasteiger partial charge in [-0.2, -0.15) is 0 Å². The molecule has 172 valence electrons. The number of nitrogens with one attached hydrogen (secondary N) is 1. The van der Waals surface area contributed by atoms with E-state index < -0.39 is 0 Å². The Hall–Kier alpha value is -1.97. The second kappa shape index (κ2) is 11.2. The van der Waals surface area contributed by atoms with Crippen LogP contribution in [0.25, 0.3) is 0 Å². The van der Waals surface area contributed by atoms with Crippen molar-refractivity contribution in [2.45, 2.75) is 49.1 Å². The molecule has 0 unspecified atom stereocenters. The number of amides is 2. The van der Waals surface area contributed by atoms with E-state index in [0.717, 1.165) is 48.6 Å². The Balaban J connectivity index is 1.17. The summed E-state index contributed by atoms with van der Waals surface area (Å²) >= 11 is 2.98. The summed E-state index contributed by atoms with van der Waals surface area (Å²) < 4.78 is 0.819. The van der Waals surface area contributed by atoms with Crippen LogP contribution < -0.4 is 5.32 Å². The Labute approximate surface area is 198 Å². The molecule has 4 rings (SSSR count). The Kier molecular flexibility index (Phi) is 8.15. The summed E-state index contributed by atoms with van der Waals surface area (Å²) in [5.41, 5.74) is 2.52. The van der Waals surface area contributed by atoms with E-state index in [-0.39, 0.29) is 24.7 Å². The molecule has 0 bridgehead atoms. The second-order valence-electron chi connectivity index (χ2n) is 8.61. The van der Waals surface area contributed by atoms with E-state index >= 15 is 0 Å². The van der Waals surface area contributed by atoms with Crippen LogP contribution in [0.4, 0.5) is 5.13 Å². The predicted molar refractivity (Wildman–Crippen MR) is 129 cm³/mol. The lowest BCUT2D eigenvalue weighted by Gasteiger charge is -2.21. The monoisotopic (exact) mass is 473 g/mol. The average Bonchev–Trinajstić information content (AvgIpc) is 3.54. The first kappa shape index (κ1) is 23.2. The quantitative estimate of drug-likeness (QED) is 0.441. The minimum atomic E-state index is -0.185. The zero-order valence-corrected chi connectivity index (χ0v) is 20.2. The van der Waals surface area contributed by atoms with Gasteiger partial charge >= 0.3 is 0 Å². The molecule has 1 aliphatic carbocycles. The molecule has 1 aliphatic heterocycles. The largest absolute Gasteiger partial charge is 0.341 e. The van der Waals surface area contributed by atoms with Gasteiger partial charge in [-0.25, -0.2) is 0 Å². The Morgan fingerprint density at radius 3 is 2.78 bits per heavy atom. The Morgan fingerprint density at radius 2 is 1.97 bits per heavy atom. The first-order valence-electron chi connectivity index (χ1n) is 11.4. The van der Waals surface area contributed by atoms with Crippen molar-refractivity contribution in [2.24, 2.45) is 5.92 Å². The van der Waals surface area contributed by atoms with Crippen molar-refractivity contribution < 1.29 is 9.59 Å². The van der Waals surface area contributed by atoms with Crippen LogP contribution in [0.3, 0.4) is 0 Å². The Bertz CT molecular complexity index is 931. The first-order chi connectivity index (χ1) is 15.6. The second-order valence-corrected chi connectivity index (χ2v) is 10.8. The number of hydrogen-bond acceptors (Lipinski definition) is 7. The minimum absolute atomic E-state index is 0.0696. The van der Waals surface area contributed by atoms with Crippen molar-refractivity contribution in [3.63, 3.8) is 0 Å². The number of aryl methyl sites for hydroxylation is 1. The molecule has 32 heavy (non-hydrogen) atoms. The normalized spacial score (nSPS) is 17.2. The van der Waals surface area contributed by atoms with Crippen molar-refractivity contribution >= 4 is 40.0 Å². The van der Waals surface area contributed by atoms with E-state index in [2.05, 4.69) is 39.5 Å². The summed E-state index contributed by atoms with van der Waals surface area (Å²) in [7, 11) is 0. The predicted octanol–water partition coefficient (Wildman–Crippen LogP) is 3.80. The van der Waals surface area contributed by atoms with Gasteiger partial charge in [0, 0.05) is 44.8 Å². The van der Waals surface area contributed by atoms with E-state index in [9.17, 15) is 9.59 Å². The lowest BCUT2D eigenvalue weighted by atomic mass is 10.1. The molecule has 9 heteroatoms. The minimum Gasteiger partial charge on any atom is -0.341 e. The number of nitrogens with zero attached hydrogens (tertiary/aromatic N) is 4. The van der Waals surface area contributed by atoms with Crippen LogP contribution >= 0.6 is 23.1 Å². The maximum Gasteiger partial charge on any atom is 0.226 e. The molecule has 2 amide bonds. The fourth-order valence-corrected chi connectivity index (χ4v) is 5.70. The van der Waals surface area contributed by atoms with Crippen molar-refractivity contribution in [1.29, 1.82) is 0 Å². The topological polar surface area (TPSA) is 78.4 Å². The zero-order valence-electron chi connectivity index (χ0n) is 18.6. The molecule has 1 saturated heterocycles. The van der Waals surface area contributed by atoms with Crippen LogP contribution in [0.2, 0.25) is 0 Å². The Morgan fingerprint density at radius 1 is 1.12 bits per heavy atom. The van der Waals surface area contributed by atoms with Gasteiger partial charge in [0.1, 0.15) is 0 Å². The van der Waals surface area contributed by atoms with Crippen LogP contribution in [0, 0.1) is 12.8 Å². The van der Waals surface area contributed by atoms with Gasteiger partial charge in [0.15, 0.2) is 4.34 Å². The van der Waals surface area contributed by atoms with E-state index in [0.29, 0.717) is 5.13 Å². The molecular weight excluding hydrogens is 442 g/mol. The third-order valence-corrected chi connectivity index (χ3v) is 8.01. The summed E-state index contributed by atoms with van der Waals surface area (Å²) in [5.74, 6) is 1.58. The number of benzene rings is 1. The third-order valence-electron chi connectivity index (χ3n) is 5.99. The molecule has 2 heterocycles. The number of aromatic nitrogens is 2. The number of carbonyl (C=O) groups is 2. The van der Waals surface area contributed by atoms with Crippen molar-refractivity contribution in [3.8, 4) is 0 Å². The summed E-state index contributed by atoms with van der Waals surface area (Å²) in [6.45, 7) is 6.85. The molecule has 0 atom stereocenters. The fraction of sp³-hybridized carbons (Fsp3) is 0.565. The lowest BCUT2D eigenvalue weighted by molar-refractivity contribution is -0.132. The highest BCUT2D eigenvalue weighted by atomic mass is 32.2. The molecule has 1 saturated carbocycles. The molecule has 2 aromatic rings. The molecular formula is C23H31N5O2S2. The van der Waals surface area contributed by atoms with E-state index in [4.69, 9.17) is 0 Å². The first-order valence-corrected chi connectivity index (χ1v) is 13.2. The van der Waals surface area contributed by atoms with Crippen molar-refractivity contribution in [3.05, 3.63) is 35.4 Å². The van der Waals surface area contributed by atoms with Gasteiger partial charge in [0.25, 0.3) is 0 Å². The maximum absolute atomic E-state index is 12.6. The van der Waals surface area contributed by atoms with Crippen LogP contribution in [-0.4, -0.2) is 64.5 Å². The highest BCUT2D eigenvalue weighted by Gasteiger charge is 2.26. The van der Waals surface area contributed by atoms with E-state index in [1.807, 2.05) is 17.0 Å². The van der Waals surface area contributed by atoms with E-state index in [1.165, 1.54) is 41.9 Å². The zero-order chi connectivity index (χ0) is 22.3. The lowest BCUT2D eigenvalue weighted by Crippen LogP contribution is -2.36. The number of anilines is 1. The van der Waals surface area contributed by atoms with Gasteiger partial charge in [0.05, 0.1) is 0 Å². The maximum atomic E-state index is 12.6. The molecule has 1 N–H and O–H groups in total. The fourth-order valence-electron chi connectivity index (χ4n) is 3.86. The van der Waals surface area contributed by atoms with Crippen molar-refractivity contribution in [1.82, 2.24) is 20.0 Å². The molecule has 7 nitrogen and oxygen atoms in total. The highest BCUT2D eigenvalue weighted by molar-refractivity contribution is 8.00. The van der Waals surface area contributed by atoms with Gasteiger partial charge in [-0.15, -0.1) is 10.2 Å². The number of thioether (sulfide) groups is 1. The molecule has 1 aromatic heterocycles. The smallest absolute Gasteiger partial charge is 0.226 e. The van der Waals surface area contributed by atoms with Crippen LogP contribution in [0.1, 0.15) is 43.2 Å². The van der Waals surface area contributed by atoms with Gasteiger partial charge in [0.2, 0.25) is 16.9 Å². The summed E-state index contributed by atoms with van der Waals surface area (Å²) in [6, 6.07) is 8.27. The number of rotatable bonds is 9. The molecule has 2 fully saturated rings. The van der Waals surface area contributed by atoms with Crippen LogP contribution in [0.15, 0.2) is 28.6 Å². The van der Waals surface area contributed by atoms with E-state index in [1.54, 1.807) is 11.8 Å².